The summed E-state index contributed by atoms with van der Waals surface area (Å²) in [5.41, 5.74) is 0. The number of hydrogen-bond acceptors (Lipinski definition) is 2. The van der Waals surface area contributed by atoms with E-state index >= 15 is 0 Å². The van der Waals surface area contributed by atoms with E-state index < -0.39 is 0 Å². The van der Waals surface area contributed by atoms with Crippen LogP contribution < -0.4 is 0 Å². The molecule has 2 rings (SSSR count). The largest absolute Gasteiger partial charge is 0.437 e. The SMILES string of the molecule is Cc1nccn1-c1cc[c]o1. The number of imidazole rings is 1. The summed E-state index contributed by atoms with van der Waals surface area (Å²) in [6, 6.07) is 3.57. The molecule has 0 saturated heterocycles. The first-order valence-corrected chi connectivity index (χ1v) is 3.34. The van der Waals surface area contributed by atoms with Gasteiger partial charge >= 0.3 is 0 Å². The van der Waals surface area contributed by atoms with Gasteiger partial charge in [0.2, 0.25) is 5.88 Å². The van der Waals surface area contributed by atoms with Crippen LogP contribution in [0.15, 0.2) is 28.9 Å². The van der Waals surface area contributed by atoms with Gasteiger partial charge in [0.15, 0.2) is 6.26 Å². The standard InChI is InChI=1S/C8H7N2O/c1-7-9-4-5-10(7)8-3-2-6-11-8/h2-5H,1H3. The van der Waals surface area contributed by atoms with Crippen LogP contribution in [-0.4, -0.2) is 9.55 Å². The molecule has 0 aliphatic rings. The summed E-state index contributed by atoms with van der Waals surface area (Å²) in [5, 5.41) is 0. The molecular formula is C8H7N2O. The van der Waals surface area contributed by atoms with E-state index in [2.05, 4.69) is 11.2 Å². The lowest BCUT2D eigenvalue weighted by atomic mass is 10.6. The van der Waals surface area contributed by atoms with E-state index in [9.17, 15) is 0 Å². The van der Waals surface area contributed by atoms with Crippen LogP contribution in [0.1, 0.15) is 5.82 Å². The average Bonchev–Trinajstić information content (AvgIpc) is 2.55. The van der Waals surface area contributed by atoms with Crippen molar-refractivity contribution in [2.45, 2.75) is 6.92 Å². The van der Waals surface area contributed by atoms with Crippen LogP contribution in [-0.2, 0) is 0 Å². The van der Waals surface area contributed by atoms with E-state index in [-0.39, 0.29) is 0 Å². The highest BCUT2D eigenvalue weighted by molar-refractivity contribution is 5.19. The van der Waals surface area contributed by atoms with E-state index in [4.69, 9.17) is 4.42 Å². The van der Waals surface area contributed by atoms with E-state index in [1.54, 1.807) is 12.3 Å². The van der Waals surface area contributed by atoms with Crippen LogP contribution in [0.3, 0.4) is 0 Å². The van der Waals surface area contributed by atoms with Crippen LogP contribution in [0.25, 0.3) is 5.88 Å². The number of hydrogen-bond donors (Lipinski definition) is 0. The lowest BCUT2D eigenvalue weighted by Crippen LogP contribution is -1.92. The molecule has 1 radical (unpaired) electrons. The Morgan fingerprint density at radius 3 is 3.09 bits per heavy atom. The predicted octanol–water partition coefficient (Wildman–Crippen LogP) is 1.57. The Hall–Kier alpha value is -1.51. The number of aryl methyl sites for hydroxylation is 1. The first kappa shape index (κ1) is 6.22. The molecule has 0 fully saturated rings. The highest BCUT2D eigenvalue weighted by Crippen LogP contribution is 2.08. The van der Waals surface area contributed by atoms with Crippen molar-refractivity contribution in [2.24, 2.45) is 0 Å². The fraction of sp³-hybridized carbons (Fsp3) is 0.125. The zero-order valence-corrected chi connectivity index (χ0v) is 6.11. The van der Waals surface area contributed by atoms with Gasteiger partial charge < -0.3 is 4.42 Å². The second-order valence-corrected chi connectivity index (χ2v) is 2.24. The van der Waals surface area contributed by atoms with Gasteiger partial charge in [-0.05, 0) is 13.0 Å². The molecule has 11 heavy (non-hydrogen) atoms. The molecule has 0 aromatic carbocycles. The maximum Gasteiger partial charge on any atom is 0.205 e. The lowest BCUT2D eigenvalue weighted by Gasteiger charge is -1.96. The fourth-order valence-corrected chi connectivity index (χ4v) is 0.974. The third kappa shape index (κ3) is 0.941. The third-order valence-corrected chi connectivity index (χ3v) is 1.52. The quantitative estimate of drug-likeness (QED) is 0.613. The predicted molar refractivity (Wildman–Crippen MR) is 39.4 cm³/mol. The van der Waals surface area contributed by atoms with Crippen molar-refractivity contribution in [3.8, 4) is 5.88 Å². The Labute approximate surface area is 64.3 Å². The van der Waals surface area contributed by atoms with Gasteiger partial charge in [0.1, 0.15) is 5.82 Å². The summed E-state index contributed by atoms with van der Waals surface area (Å²) in [6.07, 6.45) is 6.20. The van der Waals surface area contributed by atoms with Gasteiger partial charge in [-0.1, -0.05) is 0 Å². The maximum absolute atomic E-state index is 5.06. The van der Waals surface area contributed by atoms with Crippen molar-refractivity contribution in [1.82, 2.24) is 9.55 Å². The number of nitrogens with zero attached hydrogens (tertiary/aromatic N) is 2. The minimum absolute atomic E-state index is 0.750. The van der Waals surface area contributed by atoms with Gasteiger partial charge in [0.25, 0.3) is 0 Å². The summed E-state index contributed by atoms with van der Waals surface area (Å²) in [5.74, 6) is 1.66. The molecule has 3 heteroatoms. The highest BCUT2D eigenvalue weighted by atomic mass is 16.3. The van der Waals surface area contributed by atoms with Gasteiger partial charge in [-0.3, -0.25) is 4.57 Å². The molecule has 55 valence electrons. The second kappa shape index (κ2) is 2.27. The summed E-state index contributed by atoms with van der Waals surface area (Å²) >= 11 is 0. The van der Waals surface area contributed by atoms with E-state index in [1.165, 1.54) is 0 Å². The minimum atomic E-state index is 0.750. The van der Waals surface area contributed by atoms with Crippen LogP contribution in [0.4, 0.5) is 0 Å². The maximum atomic E-state index is 5.06. The Kier molecular flexibility index (Phi) is 1.28. The molecule has 0 bridgehead atoms. The number of rotatable bonds is 1. The monoisotopic (exact) mass is 147 g/mol. The lowest BCUT2D eigenvalue weighted by molar-refractivity contribution is 0.527. The fourth-order valence-electron chi connectivity index (χ4n) is 0.974. The summed E-state index contributed by atoms with van der Waals surface area (Å²) in [4.78, 5) is 4.06. The first-order valence-electron chi connectivity index (χ1n) is 3.34. The Morgan fingerprint density at radius 1 is 1.64 bits per heavy atom. The summed E-state index contributed by atoms with van der Waals surface area (Å²) < 4.78 is 6.91. The summed E-state index contributed by atoms with van der Waals surface area (Å²) in [6.45, 7) is 1.92. The van der Waals surface area contributed by atoms with E-state index in [1.807, 2.05) is 23.8 Å². The van der Waals surface area contributed by atoms with Crippen LogP contribution >= 0.6 is 0 Å². The first-order chi connectivity index (χ1) is 5.38. The molecule has 0 atom stereocenters. The highest BCUT2D eigenvalue weighted by Gasteiger charge is 2.00. The van der Waals surface area contributed by atoms with Gasteiger partial charge in [-0.25, -0.2) is 4.98 Å². The van der Waals surface area contributed by atoms with Gasteiger partial charge in [0, 0.05) is 18.5 Å². The molecule has 0 saturated carbocycles. The van der Waals surface area contributed by atoms with Crippen LogP contribution in [0.2, 0.25) is 0 Å². The molecule has 0 aliphatic heterocycles. The topological polar surface area (TPSA) is 31.0 Å². The third-order valence-electron chi connectivity index (χ3n) is 1.52. The smallest absolute Gasteiger partial charge is 0.205 e. The molecule has 0 N–H and O–H groups in total. The normalized spacial score (nSPS) is 10.3. The molecule has 2 heterocycles. The van der Waals surface area contributed by atoms with Crippen LogP contribution in [0.5, 0.6) is 0 Å². The summed E-state index contributed by atoms with van der Waals surface area (Å²) in [7, 11) is 0. The molecule has 2 aromatic rings. The van der Waals surface area contributed by atoms with Gasteiger partial charge in [0.05, 0.1) is 0 Å². The number of furan rings is 1. The van der Waals surface area contributed by atoms with Gasteiger partial charge in [-0.2, -0.15) is 0 Å². The van der Waals surface area contributed by atoms with E-state index in [0.29, 0.717) is 0 Å². The minimum Gasteiger partial charge on any atom is -0.437 e. The van der Waals surface area contributed by atoms with Crippen molar-refractivity contribution < 1.29 is 4.42 Å². The van der Waals surface area contributed by atoms with E-state index in [0.717, 1.165) is 11.7 Å². The van der Waals surface area contributed by atoms with Crippen molar-refractivity contribution in [1.29, 1.82) is 0 Å². The average molecular weight is 147 g/mol. The molecule has 3 nitrogen and oxygen atoms in total. The molecule has 2 aromatic heterocycles. The molecule has 0 unspecified atom stereocenters. The van der Waals surface area contributed by atoms with Crippen molar-refractivity contribution in [3.05, 3.63) is 36.6 Å². The zero-order valence-electron chi connectivity index (χ0n) is 6.11. The Balaban J connectivity index is 2.53. The molecule has 0 spiro atoms. The van der Waals surface area contributed by atoms with Crippen molar-refractivity contribution >= 4 is 0 Å². The van der Waals surface area contributed by atoms with Crippen molar-refractivity contribution in [2.75, 3.05) is 0 Å². The zero-order chi connectivity index (χ0) is 7.68. The van der Waals surface area contributed by atoms with Crippen molar-refractivity contribution in [3.63, 3.8) is 0 Å². The molecule has 0 aliphatic carbocycles. The second-order valence-electron chi connectivity index (χ2n) is 2.24. The molecular weight excluding hydrogens is 140 g/mol. The number of aromatic nitrogens is 2. The molecule has 0 amide bonds. The Bertz CT molecular complexity index is 335. The van der Waals surface area contributed by atoms with Crippen LogP contribution in [0, 0.1) is 13.2 Å². The Morgan fingerprint density at radius 2 is 2.55 bits per heavy atom. The van der Waals surface area contributed by atoms with Gasteiger partial charge in [-0.15, -0.1) is 0 Å².